The molecule has 0 bridgehead atoms. The van der Waals surface area contributed by atoms with Gasteiger partial charge in [-0.3, -0.25) is 0 Å². The van der Waals surface area contributed by atoms with Gasteiger partial charge in [0.1, 0.15) is 6.07 Å². The van der Waals surface area contributed by atoms with Crippen LogP contribution < -0.4 is 10.2 Å². The number of halogens is 1. The zero-order valence-electron chi connectivity index (χ0n) is 10.9. The molecule has 0 amide bonds. The third-order valence-corrected chi connectivity index (χ3v) is 4.19. The first-order chi connectivity index (χ1) is 9.28. The first-order valence-electron chi connectivity index (χ1n) is 6.97. The molecule has 1 saturated heterocycles. The van der Waals surface area contributed by atoms with E-state index in [2.05, 4.69) is 16.3 Å². The van der Waals surface area contributed by atoms with Gasteiger partial charge in [0.15, 0.2) is 0 Å². The van der Waals surface area contributed by atoms with Crippen LogP contribution in [0.3, 0.4) is 0 Å². The molecular weight excluding hydrogens is 258 g/mol. The van der Waals surface area contributed by atoms with Crippen LogP contribution in [0.5, 0.6) is 0 Å². The second kappa shape index (κ2) is 5.40. The predicted octanol–water partition coefficient (Wildman–Crippen LogP) is 2.93. The number of nitriles is 1. The van der Waals surface area contributed by atoms with Crippen LogP contribution in [-0.2, 0) is 0 Å². The monoisotopic (exact) mass is 275 g/mol. The van der Waals surface area contributed by atoms with E-state index >= 15 is 0 Å². The van der Waals surface area contributed by atoms with Gasteiger partial charge in [0, 0.05) is 23.7 Å². The zero-order chi connectivity index (χ0) is 13.2. The minimum absolute atomic E-state index is 0.558. The Hall–Kier alpha value is -1.24. The van der Waals surface area contributed by atoms with E-state index in [4.69, 9.17) is 11.6 Å². The van der Waals surface area contributed by atoms with E-state index in [1.807, 2.05) is 12.1 Å². The van der Waals surface area contributed by atoms with Crippen molar-refractivity contribution in [2.75, 3.05) is 18.0 Å². The minimum Gasteiger partial charge on any atom is -0.366 e. The molecule has 0 spiro atoms. The molecule has 1 heterocycles. The van der Waals surface area contributed by atoms with Crippen LogP contribution in [0.4, 0.5) is 5.69 Å². The lowest BCUT2D eigenvalue weighted by Gasteiger charge is -2.28. The summed E-state index contributed by atoms with van der Waals surface area (Å²) in [6.07, 6.45) is 4.97. The Balaban J connectivity index is 1.85. The molecule has 0 radical (unpaired) electrons. The summed E-state index contributed by atoms with van der Waals surface area (Å²) < 4.78 is 0. The van der Waals surface area contributed by atoms with Gasteiger partial charge in [-0.05, 0) is 50.4 Å². The van der Waals surface area contributed by atoms with E-state index in [0.29, 0.717) is 22.7 Å². The number of benzene rings is 1. The van der Waals surface area contributed by atoms with Gasteiger partial charge in [-0.15, -0.1) is 0 Å². The van der Waals surface area contributed by atoms with Crippen molar-refractivity contribution >= 4 is 17.3 Å². The maximum absolute atomic E-state index is 9.30. The topological polar surface area (TPSA) is 39.1 Å². The van der Waals surface area contributed by atoms with Crippen molar-refractivity contribution in [1.82, 2.24) is 5.32 Å². The molecule has 3 rings (SSSR count). The molecule has 0 aromatic heterocycles. The second-order valence-electron chi connectivity index (χ2n) is 5.45. The summed E-state index contributed by atoms with van der Waals surface area (Å²) in [4.78, 5) is 2.40. The van der Waals surface area contributed by atoms with E-state index in [9.17, 15) is 5.26 Å². The van der Waals surface area contributed by atoms with Crippen molar-refractivity contribution in [3.8, 4) is 6.07 Å². The van der Waals surface area contributed by atoms with Crippen LogP contribution in [0.15, 0.2) is 18.2 Å². The second-order valence-corrected chi connectivity index (χ2v) is 5.89. The molecule has 2 aliphatic rings. The SMILES string of the molecule is N#Cc1cc(Cl)ccc1N(CC1CCCN1)C1CC1. The fourth-order valence-electron chi connectivity index (χ4n) is 2.83. The maximum atomic E-state index is 9.30. The molecule has 100 valence electrons. The van der Waals surface area contributed by atoms with Crippen LogP contribution in [0.1, 0.15) is 31.2 Å². The van der Waals surface area contributed by atoms with E-state index in [1.165, 1.54) is 25.7 Å². The predicted molar refractivity (Wildman–Crippen MR) is 77.6 cm³/mol. The number of nitrogens with one attached hydrogen (secondary N) is 1. The van der Waals surface area contributed by atoms with Gasteiger partial charge in [0.2, 0.25) is 0 Å². The van der Waals surface area contributed by atoms with Crippen molar-refractivity contribution in [1.29, 1.82) is 5.26 Å². The number of rotatable bonds is 4. The molecule has 1 aromatic rings. The van der Waals surface area contributed by atoms with Crippen molar-refractivity contribution in [3.63, 3.8) is 0 Å². The van der Waals surface area contributed by atoms with Crippen molar-refractivity contribution in [3.05, 3.63) is 28.8 Å². The van der Waals surface area contributed by atoms with Gasteiger partial charge in [-0.25, -0.2) is 0 Å². The number of hydrogen-bond acceptors (Lipinski definition) is 3. The Morgan fingerprint density at radius 1 is 1.37 bits per heavy atom. The van der Waals surface area contributed by atoms with Crippen molar-refractivity contribution < 1.29 is 0 Å². The molecule has 2 fully saturated rings. The Morgan fingerprint density at radius 2 is 2.21 bits per heavy atom. The van der Waals surface area contributed by atoms with Gasteiger partial charge in [-0.1, -0.05) is 11.6 Å². The van der Waals surface area contributed by atoms with Crippen LogP contribution in [-0.4, -0.2) is 25.2 Å². The highest BCUT2D eigenvalue weighted by atomic mass is 35.5. The molecule has 19 heavy (non-hydrogen) atoms. The maximum Gasteiger partial charge on any atom is 0.101 e. The normalized spacial score (nSPS) is 22.2. The molecule has 1 N–H and O–H groups in total. The van der Waals surface area contributed by atoms with E-state index < -0.39 is 0 Å². The largest absolute Gasteiger partial charge is 0.366 e. The molecule has 1 atom stereocenters. The highest BCUT2D eigenvalue weighted by molar-refractivity contribution is 6.30. The Kier molecular flexibility index (Phi) is 3.63. The molecule has 1 aromatic carbocycles. The summed E-state index contributed by atoms with van der Waals surface area (Å²) >= 11 is 5.98. The third kappa shape index (κ3) is 2.86. The zero-order valence-corrected chi connectivity index (χ0v) is 11.7. The minimum atomic E-state index is 0.558. The van der Waals surface area contributed by atoms with E-state index in [1.54, 1.807) is 6.07 Å². The summed E-state index contributed by atoms with van der Waals surface area (Å²) in [6, 6.07) is 9.09. The van der Waals surface area contributed by atoms with E-state index in [0.717, 1.165) is 18.8 Å². The molecule has 1 aliphatic carbocycles. The van der Waals surface area contributed by atoms with Crippen molar-refractivity contribution in [2.45, 2.75) is 37.8 Å². The average Bonchev–Trinajstić information content (AvgIpc) is 3.13. The molecule has 1 aliphatic heterocycles. The fourth-order valence-corrected chi connectivity index (χ4v) is 3.00. The highest BCUT2D eigenvalue weighted by Gasteiger charge is 2.32. The number of hydrogen-bond donors (Lipinski definition) is 1. The van der Waals surface area contributed by atoms with Crippen LogP contribution >= 0.6 is 11.6 Å². The summed E-state index contributed by atoms with van der Waals surface area (Å²) in [6.45, 7) is 2.12. The number of anilines is 1. The first kappa shape index (κ1) is 12.8. The van der Waals surface area contributed by atoms with Gasteiger partial charge in [0.25, 0.3) is 0 Å². The number of nitrogens with zero attached hydrogens (tertiary/aromatic N) is 2. The highest BCUT2D eigenvalue weighted by Crippen LogP contribution is 2.35. The molecule has 4 heteroatoms. The quantitative estimate of drug-likeness (QED) is 0.918. The summed E-state index contributed by atoms with van der Waals surface area (Å²) in [5, 5.41) is 13.5. The molecule has 1 unspecified atom stereocenters. The summed E-state index contributed by atoms with van der Waals surface area (Å²) in [5.41, 5.74) is 1.74. The Labute approximate surface area is 119 Å². The molecule has 3 nitrogen and oxygen atoms in total. The lowest BCUT2D eigenvalue weighted by Crippen LogP contribution is -2.39. The average molecular weight is 276 g/mol. The summed E-state index contributed by atoms with van der Waals surface area (Å²) in [5.74, 6) is 0. The van der Waals surface area contributed by atoms with Crippen LogP contribution in [0.2, 0.25) is 5.02 Å². The smallest absolute Gasteiger partial charge is 0.101 e. The fraction of sp³-hybridized carbons (Fsp3) is 0.533. The van der Waals surface area contributed by atoms with Gasteiger partial charge in [0.05, 0.1) is 11.3 Å². The van der Waals surface area contributed by atoms with Crippen molar-refractivity contribution in [2.24, 2.45) is 0 Å². The Bertz CT molecular complexity index is 499. The lowest BCUT2D eigenvalue weighted by molar-refractivity contribution is 0.578. The van der Waals surface area contributed by atoms with Crippen LogP contribution in [0, 0.1) is 11.3 Å². The first-order valence-corrected chi connectivity index (χ1v) is 7.35. The molecular formula is C15H18ClN3. The third-order valence-electron chi connectivity index (χ3n) is 3.96. The van der Waals surface area contributed by atoms with Gasteiger partial charge in [-0.2, -0.15) is 5.26 Å². The van der Waals surface area contributed by atoms with E-state index in [-0.39, 0.29) is 0 Å². The standard InChI is InChI=1S/C15H18ClN3/c16-12-3-6-15(11(8-12)9-17)19(14-4-5-14)10-13-2-1-7-18-13/h3,6,8,13-14,18H,1-2,4-5,7,10H2. The lowest BCUT2D eigenvalue weighted by atomic mass is 10.1. The summed E-state index contributed by atoms with van der Waals surface area (Å²) in [7, 11) is 0. The Morgan fingerprint density at radius 3 is 2.84 bits per heavy atom. The van der Waals surface area contributed by atoms with Crippen LogP contribution in [0.25, 0.3) is 0 Å². The van der Waals surface area contributed by atoms with Gasteiger partial charge < -0.3 is 10.2 Å². The van der Waals surface area contributed by atoms with Gasteiger partial charge >= 0.3 is 0 Å². The molecule has 1 saturated carbocycles.